The number of carbonyl (C=O) groups is 1. The lowest BCUT2D eigenvalue weighted by atomic mass is 9.92. The van der Waals surface area contributed by atoms with Crippen molar-refractivity contribution in [1.82, 2.24) is 19.9 Å². The molecule has 2 fully saturated rings. The van der Waals surface area contributed by atoms with Gasteiger partial charge in [0.25, 0.3) is 5.91 Å². The highest BCUT2D eigenvalue weighted by molar-refractivity contribution is 7.99. The van der Waals surface area contributed by atoms with Crippen molar-refractivity contribution in [3.63, 3.8) is 0 Å². The first-order valence-corrected chi connectivity index (χ1v) is 12.8. The highest BCUT2D eigenvalue weighted by atomic mass is 32.2. The predicted molar refractivity (Wildman–Crippen MR) is 127 cm³/mol. The summed E-state index contributed by atoms with van der Waals surface area (Å²) in [6, 6.07) is 5.88. The zero-order valence-corrected chi connectivity index (χ0v) is 19.6. The molecule has 1 atom stereocenters. The van der Waals surface area contributed by atoms with Gasteiger partial charge in [-0.15, -0.1) is 16.8 Å². The number of aromatic nitrogens is 2. The number of carbonyl (C=O) groups excluding carboxylic acids is 1. The number of hydrogen-bond acceptors (Lipinski definition) is 6. The summed E-state index contributed by atoms with van der Waals surface area (Å²) < 4.78 is 6.63. The van der Waals surface area contributed by atoms with Crippen LogP contribution in [-0.4, -0.2) is 68.2 Å². The monoisotopic (exact) mass is 462 g/mol. The van der Waals surface area contributed by atoms with Crippen molar-refractivity contribution in [2.45, 2.75) is 25.7 Å². The molecule has 0 unspecified atom stereocenters. The van der Waals surface area contributed by atoms with Crippen LogP contribution in [-0.2, 0) is 4.79 Å². The van der Waals surface area contributed by atoms with E-state index < -0.39 is 0 Å². The van der Waals surface area contributed by atoms with Crippen LogP contribution in [0.3, 0.4) is 0 Å². The van der Waals surface area contributed by atoms with Gasteiger partial charge in [-0.25, -0.2) is 4.98 Å². The van der Waals surface area contributed by atoms with E-state index in [0.29, 0.717) is 16.4 Å². The molecule has 0 aromatic carbocycles. The second-order valence-electron chi connectivity index (χ2n) is 9.08. The molecule has 1 amide bonds. The fraction of sp³-hybridized carbons (Fsp3) is 0.400. The molecule has 4 aliphatic heterocycles. The van der Waals surface area contributed by atoms with Crippen LogP contribution in [0.2, 0.25) is 0 Å². The molecular formula is C25H28N5O2S+. The van der Waals surface area contributed by atoms with Gasteiger partial charge in [0, 0.05) is 56.6 Å². The van der Waals surface area contributed by atoms with Crippen molar-refractivity contribution in [3.05, 3.63) is 71.7 Å². The number of oxazole rings is 1. The van der Waals surface area contributed by atoms with Gasteiger partial charge in [-0.3, -0.25) is 9.78 Å². The maximum Gasteiger partial charge on any atom is 0.256 e. The molecule has 6 rings (SSSR count). The molecule has 2 aromatic heterocycles. The highest BCUT2D eigenvalue weighted by Crippen LogP contribution is 2.42. The van der Waals surface area contributed by atoms with Gasteiger partial charge >= 0.3 is 0 Å². The highest BCUT2D eigenvalue weighted by Gasteiger charge is 2.48. The molecule has 7 nitrogen and oxygen atoms in total. The second-order valence-corrected chi connectivity index (χ2v) is 10.2. The van der Waals surface area contributed by atoms with Gasteiger partial charge in [-0.2, -0.15) is 4.59 Å². The Kier molecular flexibility index (Phi) is 5.24. The molecule has 0 bridgehead atoms. The summed E-state index contributed by atoms with van der Waals surface area (Å²) in [4.78, 5) is 24.3. The minimum atomic E-state index is 0.203. The van der Waals surface area contributed by atoms with E-state index >= 15 is 0 Å². The molecule has 33 heavy (non-hydrogen) atoms. The fourth-order valence-electron chi connectivity index (χ4n) is 5.45. The largest absolute Gasteiger partial charge is 0.439 e. The van der Waals surface area contributed by atoms with Crippen LogP contribution in [0.25, 0.3) is 11.5 Å². The van der Waals surface area contributed by atoms with E-state index in [9.17, 15) is 4.79 Å². The molecule has 4 aliphatic rings. The molecule has 2 saturated heterocycles. The van der Waals surface area contributed by atoms with E-state index in [1.165, 1.54) is 5.70 Å². The van der Waals surface area contributed by atoms with Gasteiger partial charge in [-0.1, -0.05) is 6.07 Å². The van der Waals surface area contributed by atoms with Gasteiger partial charge in [0.15, 0.2) is 17.3 Å². The van der Waals surface area contributed by atoms with E-state index in [2.05, 4.69) is 34.4 Å². The normalized spacial score (nSPS) is 25.4. The number of allylic oxidation sites excluding steroid dienone is 3. The molecule has 6 heterocycles. The van der Waals surface area contributed by atoms with Crippen molar-refractivity contribution in [2.75, 3.05) is 37.8 Å². The summed E-state index contributed by atoms with van der Waals surface area (Å²) >= 11 is 1.83. The Morgan fingerprint density at radius 3 is 2.88 bits per heavy atom. The zero-order chi connectivity index (χ0) is 22.4. The number of amides is 1. The number of rotatable bonds is 4. The Morgan fingerprint density at radius 2 is 2.12 bits per heavy atom. The lowest BCUT2D eigenvalue weighted by Gasteiger charge is -2.42. The summed E-state index contributed by atoms with van der Waals surface area (Å²) in [6.45, 7) is 5.36. The molecular weight excluding hydrogens is 434 g/mol. The maximum absolute atomic E-state index is 13.1. The maximum atomic E-state index is 13.1. The van der Waals surface area contributed by atoms with Crippen LogP contribution in [0.4, 0.5) is 0 Å². The van der Waals surface area contributed by atoms with Crippen LogP contribution >= 0.6 is 11.8 Å². The summed E-state index contributed by atoms with van der Waals surface area (Å²) in [5.74, 6) is 3.89. The Balaban J connectivity index is 1.18. The standard InChI is InChI=1S/C25H28N5O2S/c1-18-27-23(24(32-18)22-6-2-3-9-26-22)19-7-10-29(11-8-19)30-13-4-5-21(30)15-20(16-30)25(31)28-12-14-33-17-28/h2-6,9,13,15,19H,7-8,10-12,14,16-17H2,1H3/q+1/t30-/m1/s1. The van der Waals surface area contributed by atoms with Crippen molar-refractivity contribution in [1.29, 1.82) is 0 Å². The predicted octanol–water partition coefficient (Wildman–Crippen LogP) is 3.84. The third kappa shape index (κ3) is 3.57. The lowest BCUT2D eigenvalue weighted by molar-refractivity contribution is -0.949. The zero-order valence-electron chi connectivity index (χ0n) is 18.8. The van der Waals surface area contributed by atoms with Crippen LogP contribution in [0.1, 0.15) is 30.3 Å². The van der Waals surface area contributed by atoms with Crippen molar-refractivity contribution >= 4 is 17.7 Å². The van der Waals surface area contributed by atoms with Gasteiger partial charge < -0.3 is 9.32 Å². The minimum Gasteiger partial charge on any atom is -0.439 e. The Bertz CT molecular complexity index is 1160. The van der Waals surface area contributed by atoms with Crippen LogP contribution < -0.4 is 0 Å². The summed E-state index contributed by atoms with van der Waals surface area (Å²) in [7, 11) is 0. The molecule has 0 aliphatic carbocycles. The molecule has 2 aromatic rings. The average Bonchev–Trinajstić information content (AvgIpc) is 3.62. The molecule has 0 saturated carbocycles. The SMILES string of the molecule is Cc1nc(C2CCN([N@@+]34C=CC=C3C=C(C(=O)N3CCSC3)C4)CC2)c(-c2ccccn2)o1. The van der Waals surface area contributed by atoms with E-state index in [1.54, 1.807) is 6.20 Å². The third-order valence-electron chi connectivity index (χ3n) is 7.12. The van der Waals surface area contributed by atoms with E-state index in [1.807, 2.05) is 41.8 Å². The van der Waals surface area contributed by atoms with Crippen molar-refractivity contribution < 1.29 is 13.8 Å². The topological polar surface area (TPSA) is 62.5 Å². The minimum absolute atomic E-state index is 0.203. The number of quaternary nitrogens is 1. The summed E-state index contributed by atoms with van der Waals surface area (Å²) in [6.07, 6.45) is 12.4. The van der Waals surface area contributed by atoms with E-state index in [-0.39, 0.29) is 5.91 Å². The smallest absolute Gasteiger partial charge is 0.256 e. The van der Waals surface area contributed by atoms with Gasteiger partial charge in [0.2, 0.25) is 0 Å². The van der Waals surface area contributed by atoms with Gasteiger partial charge in [0.1, 0.15) is 18.4 Å². The van der Waals surface area contributed by atoms with Crippen LogP contribution in [0.5, 0.6) is 0 Å². The van der Waals surface area contributed by atoms with E-state index in [4.69, 9.17) is 9.40 Å². The summed E-state index contributed by atoms with van der Waals surface area (Å²) in [5, 5.41) is 2.51. The van der Waals surface area contributed by atoms with Crippen molar-refractivity contribution in [2.24, 2.45) is 0 Å². The first-order chi connectivity index (χ1) is 16.1. The number of aryl methyl sites for hydroxylation is 1. The second kappa shape index (κ2) is 8.27. The van der Waals surface area contributed by atoms with Gasteiger partial charge in [0.05, 0.1) is 17.1 Å². The summed E-state index contributed by atoms with van der Waals surface area (Å²) in [5.41, 5.74) is 4.01. The Labute approximate surface area is 198 Å². The Hall–Kier alpha value is -2.68. The number of piperidine rings is 1. The first kappa shape index (κ1) is 20.9. The number of hydrogen-bond donors (Lipinski definition) is 0. The number of thioether (sulfide) groups is 1. The molecule has 0 spiro atoms. The number of pyridine rings is 1. The molecule has 0 radical (unpaired) electrons. The number of fused-ring (bicyclic) bond motifs is 1. The van der Waals surface area contributed by atoms with Gasteiger partial charge in [-0.05, 0) is 31.1 Å². The fourth-order valence-corrected chi connectivity index (χ4v) is 6.39. The molecule has 170 valence electrons. The lowest BCUT2D eigenvalue weighted by Crippen LogP contribution is -2.56. The molecule has 0 N–H and O–H groups in total. The van der Waals surface area contributed by atoms with Crippen LogP contribution in [0, 0.1) is 6.92 Å². The molecule has 8 heteroatoms. The van der Waals surface area contributed by atoms with E-state index in [0.717, 1.165) is 73.4 Å². The quantitative estimate of drug-likeness (QED) is 0.644. The number of nitrogens with zero attached hydrogens (tertiary/aromatic N) is 5. The Morgan fingerprint density at radius 1 is 1.24 bits per heavy atom. The third-order valence-corrected chi connectivity index (χ3v) is 8.08. The average molecular weight is 463 g/mol. The first-order valence-electron chi connectivity index (χ1n) is 11.6. The van der Waals surface area contributed by atoms with Crippen molar-refractivity contribution in [3.8, 4) is 11.5 Å². The van der Waals surface area contributed by atoms with Crippen LogP contribution in [0.15, 0.2) is 64.5 Å².